The molecule has 36 heavy (non-hydrogen) atoms. The highest BCUT2D eigenvalue weighted by molar-refractivity contribution is 7.92. The Hall–Kier alpha value is -2.63. The number of fused-ring (bicyclic) bond motifs is 1. The second-order valence-electron chi connectivity index (χ2n) is 10.2. The number of ether oxygens (including phenoxy) is 1. The molecule has 2 aromatic rings. The summed E-state index contributed by atoms with van der Waals surface area (Å²) in [5.74, 6) is 0.680. The van der Waals surface area contributed by atoms with Gasteiger partial charge in [-0.1, -0.05) is 18.1 Å². The molecule has 0 bridgehead atoms. The van der Waals surface area contributed by atoms with Crippen LogP contribution in [0.4, 0.5) is 5.69 Å². The van der Waals surface area contributed by atoms with Gasteiger partial charge in [-0.3, -0.25) is 9.52 Å². The second kappa shape index (κ2) is 10.4. The summed E-state index contributed by atoms with van der Waals surface area (Å²) in [6, 6.07) is 4.42. The highest BCUT2D eigenvalue weighted by Crippen LogP contribution is 2.37. The van der Waals surface area contributed by atoms with Crippen LogP contribution in [0.2, 0.25) is 0 Å². The third-order valence-corrected chi connectivity index (χ3v) is 8.54. The summed E-state index contributed by atoms with van der Waals surface area (Å²) in [6.07, 6.45) is 2.16. The van der Waals surface area contributed by atoms with Crippen LogP contribution in [-0.2, 0) is 10.0 Å². The Balaban J connectivity index is 1.74. The van der Waals surface area contributed by atoms with Gasteiger partial charge in [-0.2, -0.15) is 0 Å². The number of carbonyl (C=O) groups is 1. The number of hydrogen-bond donors (Lipinski definition) is 2. The maximum absolute atomic E-state index is 13.6. The molecular formula is C25H36N4O6S. The molecule has 2 heterocycles. The van der Waals surface area contributed by atoms with E-state index in [1.165, 1.54) is 19.8 Å². The van der Waals surface area contributed by atoms with Gasteiger partial charge in [-0.05, 0) is 58.7 Å². The number of aliphatic hydroxyl groups is 1. The SMILES string of the molecule is Cc1noc(C)c1S(=O)(=O)Nc1cccc2c1O[C@H](CN(C)CC1CC1)[C@H](C)CN([C@@H](C)CO)C2=O. The molecule has 198 valence electrons. The number of nitrogens with one attached hydrogen (secondary N) is 1. The van der Waals surface area contributed by atoms with Crippen molar-refractivity contribution in [3.63, 3.8) is 0 Å². The van der Waals surface area contributed by atoms with Gasteiger partial charge in [-0.25, -0.2) is 8.42 Å². The van der Waals surface area contributed by atoms with Crippen LogP contribution >= 0.6 is 0 Å². The molecule has 10 nitrogen and oxygen atoms in total. The lowest BCUT2D eigenvalue weighted by atomic mass is 9.99. The van der Waals surface area contributed by atoms with Crippen molar-refractivity contribution in [2.75, 3.05) is 38.0 Å². The smallest absolute Gasteiger partial charge is 0.267 e. The molecule has 3 atom stereocenters. The Morgan fingerprint density at radius 2 is 2.00 bits per heavy atom. The number of amides is 1. The molecular weight excluding hydrogens is 484 g/mol. The summed E-state index contributed by atoms with van der Waals surface area (Å²) < 4.78 is 40.7. The van der Waals surface area contributed by atoms with Crippen LogP contribution < -0.4 is 9.46 Å². The number of benzene rings is 1. The third-order valence-electron chi connectivity index (χ3n) is 6.93. The van der Waals surface area contributed by atoms with Gasteiger partial charge >= 0.3 is 0 Å². The molecule has 1 amide bonds. The lowest BCUT2D eigenvalue weighted by Gasteiger charge is -2.38. The number of rotatable bonds is 9. The summed E-state index contributed by atoms with van der Waals surface area (Å²) in [6.45, 7) is 8.73. The molecule has 0 saturated heterocycles. The van der Waals surface area contributed by atoms with E-state index in [-0.39, 0.29) is 57.9 Å². The molecule has 2 aliphatic rings. The molecule has 11 heteroatoms. The highest BCUT2D eigenvalue weighted by atomic mass is 32.2. The fourth-order valence-electron chi connectivity index (χ4n) is 4.72. The van der Waals surface area contributed by atoms with E-state index in [0.29, 0.717) is 19.0 Å². The number of carbonyl (C=O) groups excluding carboxylic acids is 1. The molecule has 1 aliphatic heterocycles. The molecule has 1 aliphatic carbocycles. The van der Waals surface area contributed by atoms with Crippen LogP contribution in [0.3, 0.4) is 0 Å². The zero-order valence-electron chi connectivity index (χ0n) is 21.5. The van der Waals surface area contributed by atoms with E-state index in [1.807, 2.05) is 6.92 Å². The van der Waals surface area contributed by atoms with Gasteiger partial charge < -0.3 is 24.2 Å². The first-order valence-corrected chi connectivity index (χ1v) is 13.9. The van der Waals surface area contributed by atoms with Crippen molar-refractivity contribution < 1.29 is 27.6 Å². The third kappa shape index (κ3) is 5.52. The van der Waals surface area contributed by atoms with E-state index in [1.54, 1.807) is 36.9 Å². The monoisotopic (exact) mass is 520 g/mol. The first-order chi connectivity index (χ1) is 17.0. The van der Waals surface area contributed by atoms with E-state index >= 15 is 0 Å². The minimum absolute atomic E-state index is 0.0399. The van der Waals surface area contributed by atoms with Gasteiger partial charge in [0.1, 0.15) is 11.8 Å². The lowest BCUT2D eigenvalue weighted by Crippen LogP contribution is -2.50. The Kier molecular flexibility index (Phi) is 7.63. The largest absolute Gasteiger partial charge is 0.486 e. The number of aliphatic hydroxyl groups excluding tert-OH is 1. The van der Waals surface area contributed by atoms with Crippen molar-refractivity contribution in [2.45, 2.75) is 57.6 Å². The molecule has 1 fully saturated rings. The standard InChI is InChI=1S/C25H36N4O6S/c1-15-11-29(16(2)14-30)25(31)20-7-6-8-21(27-36(32,33)24-17(3)26-35-18(24)4)23(20)34-22(15)13-28(5)12-19-9-10-19/h6-8,15-16,19,22,27,30H,9-14H2,1-5H3/t15-,16+,22-/m1/s1. The van der Waals surface area contributed by atoms with E-state index in [0.717, 1.165) is 6.54 Å². The fourth-order valence-corrected chi connectivity index (χ4v) is 6.11. The number of likely N-dealkylation sites (N-methyl/N-ethyl adjacent to an activating group) is 1. The summed E-state index contributed by atoms with van der Waals surface area (Å²) >= 11 is 0. The van der Waals surface area contributed by atoms with Crippen LogP contribution in [0.25, 0.3) is 0 Å². The average molecular weight is 521 g/mol. The van der Waals surface area contributed by atoms with E-state index in [2.05, 4.69) is 21.8 Å². The van der Waals surface area contributed by atoms with Crippen molar-refractivity contribution in [1.82, 2.24) is 15.0 Å². The number of para-hydroxylation sites is 1. The minimum atomic E-state index is -4.06. The second-order valence-corrected chi connectivity index (χ2v) is 11.8. The molecule has 0 radical (unpaired) electrons. The topological polar surface area (TPSA) is 125 Å². The van der Waals surface area contributed by atoms with Gasteiger partial charge in [0.2, 0.25) is 0 Å². The Labute approximate surface area is 212 Å². The van der Waals surface area contributed by atoms with Crippen LogP contribution in [0.1, 0.15) is 48.5 Å². The predicted molar refractivity (Wildman–Crippen MR) is 135 cm³/mol. The maximum Gasteiger partial charge on any atom is 0.267 e. The predicted octanol–water partition coefficient (Wildman–Crippen LogP) is 2.65. The molecule has 1 saturated carbocycles. The summed E-state index contributed by atoms with van der Waals surface area (Å²) in [7, 11) is -2.01. The van der Waals surface area contributed by atoms with Crippen LogP contribution in [-0.4, -0.2) is 79.8 Å². The zero-order chi connectivity index (χ0) is 26.2. The summed E-state index contributed by atoms with van der Waals surface area (Å²) in [5.41, 5.74) is 0.657. The number of sulfonamides is 1. The van der Waals surface area contributed by atoms with Gasteiger partial charge in [-0.15, -0.1) is 0 Å². The van der Waals surface area contributed by atoms with Gasteiger partial charge in [0.15, 0.2) is 16.4 Å². The normalized spacial score (nSPS) is 21.5. The quantitative estimate of drug-likeness (QED) is 0.517. The number of hydrogen-bond acceptors (Lipinski definition) is 8. The summed E-state index contributed by atoms with van der Waals surface area (Å²) in [5, 5.41) is 13.6. The minimum Gasteiger partial charge on any atom is -0.486 e. The lowest BCUT2D eigenvalue weighted by molar-refractivity contribution is 0.0346. The van der Waals surface area contributed by atoms with Gasteiger partial charge in [0.25, 0.3) is 15.9 Å². The highest BCUT2D eigenvalue weighted by Gasteiger charge is 2.36. The van der Waals surface area contributed by atoms with Gasteiger partial charge in [0.05, 0.1) is 23.9 Å². The molecule has 0 unspecified atom stereocenters. The molecule has 4 rings (SSSR count). The number of nitrogens with zero attached hydrogens (tertiary/aromatic N) is 3. The van der Waals surface area contributed by atoms with Crippen LogP contribution in [0.5, 0.6) is 5.75 Å². The van der Waals surface area contributed by atoms with Crippen molar-refractivity contribution in [1.29, 1.82) is 0 Å². The van der Waals surface area contributed by atoms with Crippen molar-refractivity contribution in [3.05, 3.63) is 35.2 Å². The Bertz CT molecular complexity index is 1190. The first-order valence-electron chi connectivity index (χ1n) is 12.4. The summed E-state index contributed by atoms with van der Waals surface area (Å²) in [4.78, 5) is 17.4. The number of aryl methyl sites for hydroxylation is 2. The van der Waals surface area contributed by atoms with Crippen molar-refractivity contribution in [2.24, 2.45) is 11.8 Å². The molecule has 1 aromatic carbocycles. The van der Waals surface area contributed by atoms with E-state index < -0.39 is 16.1 Å². The van der Waals surface area contributed by atoms with Crippen LogP contribution in [0, 0.1) is 25.7 Å². The first kappa shape index (κ1) is 26.4. The number of anilines is 1. The number of aromatic nitrogens is 1. The van der Waals surface area contributed by atoms with Crippen molar-refractivity contribution in [3.8, 4) is 5.75 Å². The molecule has 2 N–H and O–H groups in total. The molecule has 0 spiro atoms. The Morgan fingerprint density at radius 3 is 2.61 bits per heavy atom. The maximum atomic E-state index is 13.6. The van der Waals surface area contributed by atoms with Crippen molar-refractivity contribution >= 4 is 21.6 Å². The average Bonchev–Trinajstić information content (AvgIpc) is 3.56. The van der Waals surface area contributed by atoms with E-state index in [4.69, 9.17) is 9.26 Å². The Morgan fingerprint density at radius 1 is 1.28 bits per heavy atom. The fraction of sp³-hybridized carbons (Fsp3) is 0.600. The van der Waals surface area contributed by atoms with Gasteiger partial charge in [0, 0.05) is 25.6 Å². The van der Waals surface area contributed by atoms with E-state index in [9.17, 15) is 18.3 Å². The zero-order valence-corrected chi connectivity index (χ0v) is 22.3. The molecule has 1 aromatic heterocycles. The van der Waals surface area contributed by atoms with Crippen LogP contribution in [0.15, 0.2) is 27.6 Å².